The molecule has 2 heterocycles. The quantitative estimate of drug-likeness (QED) is 0.862. The Kier molecular flexibility index (Phi) is 5.58. The standard InChI is InChI=1S/C18H34N2O/c1-14(2)10-16-12-20(17-8-9-21-13-17)18(11-19-16)15-6-4-3-5-7-15/h14-19H,3-13H2,1-2H3. The Balaban J connectivity index is 1.65. The first-order valence-corrected chi connectivity index (χ1v) is 9.31. The van der Waals surface area contributed by atoms with E-state index in [4.69, 9.17) is 4.74 Å². The normalized spacial score (nSPS) is 36.4. The lowest BCUT2D eigenvalue weighted by Gasteiger charge is -2.47. The molecule has 3 unspecified atom stereocenters. The van der Waals surface area contributed by atoms with E-state index < -0.39 is 0 Å². The topological polar surface area (TPSA) is 24.5 Å². The summed E-state index contributed by atoms with van der Waals surface area (Å²) in [7, 11) is 0. The molecule has 0 aromatic rings. The van der Waals surface area contributed by atoms with Gasteiger partial charge in [-0.3, -0.25) is 4.90 Å². The van der Waals surface area contributed by atoms with Crippen molar-refractivity contribution < 1.29 is 4.74 Å². The minimum Gasteiger partial charge on any atom is -0.380 e. The van der Waals surface area contributed by atoms with Gasteiger partial charge < -0.3 is 10.1 Å². The number of nitrogens with one attached hydrogen (secondary N) is 1. The highest BCUT2D eigenvalue weighted by Gasteiger charge is 2.38. The Labute approximate surface area is 130 Å². The molecule has 0 bridgehead atoms. The van der Waals surface area contributed by atoms with Gasteiger partial charge >= 0.3 is 0 Å². The Hall–Kier alpha value is -0.120. The van der Waals surface area contributed by atoms with Crippen LogP contribution >= 0.6 is 0 Å². The second kappa shape index (κ2) is 7.43. The van der Waals surface area contributed by atoms with Gasteiger partial charge in [0.05, 0.1) is 6.61 Å². The van der Waals surface area contributed by atoms with Crippen molar-refractivity contribution >= 4 is 0 Å². The van der Waals surface area contributed by atoms with Gasteiger partial charge in [0.1, 0.15) is 0 Å². The van der Waals surface area contributed by atoms with E-state index in [-0.39, 0.29) is 0 Å². The van der Waals surface area contributed by atoms with Crippen LogP contribution in [0.3, 0.4) is 0 Å². The molecule has 1 aliphatic carbocycles. The smallest absolute Gasteiger partial charge is 0.0622 e. The fourth-order valence-corrected chi connectivity index (χ4v) is 4.75. The van der Waals surface area contributed by atoms with Crippen molar-refractivity contribution in [2.24, 2.45) is 11.8 Å². The van der Waals surface area contributed by atoms with E-state index in [0.717, 1.165) is 31.1 Å². The fraction of sp³-hybridized carbons (Fsp3) is 1.00. The Bertz CT molecular complexity index is 308. The van der Waals surface area contributed by atoms with E-state index >= 15 is 0 Å². The molecule has 0 aromatic heterocycles. The number of nitrogens with zero attached hydrogens (tertiary/aromatic N) is 1. The predicted molar refractivity (Wildman–Crippen MR) is 87.5 cm³/mol. The van der Waals surface area contributed by atoms with Gasteiger partial charge in [-0.15, -0.1) is 0 Å². The summed E-state index contributed by atoms with van der Waals surface area (Å²) >= 11 is 0. The number of hydrogen-bond donors (Lipinski definition) is 1. The molecule has 1 N–H and O–H groups in total. The Morgan fingerprint density at radius 1 is 1.14 bits per heavy atom. The molecule has 0 amide bonds. The molecule has 122 valence electrons. The second-order valence-corrected chi connectivity index (χ2v) is 7.91. The van der Waals surface area contributed by atoms with Crippen molar-refractivity contribution in [3.8, 4) is 0 Å². The highest BCUT2D eigenvalue weighted by Crippen LogP contribution is 2.32. The molecule has 3 heteroatoms. The minimum absolute atomic E-state index is 0.686. The molecule has 2 aliphatic heterocycles. The number of ether oxygens (including phenoxy) is 1. The van der Waals surface area contributed by atoms with Crippen LogP contribution in [0.25, 0.3) is 0 Å². The third-order valence-corrected chi connectivity index (χ3v) is 5.80. The Morgan fingerprint density at radius 3 is 2.62 bits per heavy atom. The first-order valence-electron chi connectivity index (χ1n) is 9.31. The lowest BCUT2D eigenvalue weighted by Crippen LogP contribution is -2.62. The van der Waals surface area contributed by atoms with E-state index in [9.17, 15) is 0 Å². The summed E-state index contributed by atoms with van der Waals surface area (Å²) in [5, 5.41) is 3.87. The molecule has 3 atom stereocenters. The van der Waals surface area contributed by atoms with E-state index in [1.165, 1.54) is 58.0 Å². The highest BCUT2D eigenvalue weighted by atomic mass is 16.5. The molecular formula is C18H34N2O. The summed E-state index contributed by atoms with van der Waals surface area (Å²) in [5.41, 5.74) is 0. The van der Waals surface area contributed by atoms with Crippen molar-refractivity contribution in [1.82, 2.24) is 10.2 Å². The Morgan fingerprint density at radius 2 is 1.95 bits per heavy atom. The second-order valence-electron chi connectivity index (χ2n) is 7.91. The molecule has 0 aromatic carbocycles. The predicted octanol–water partition coefficient (Wildman–Crippen LogP) is 3.04. The largest absolute Gasteiger partial charge is 0.380 e. The monoisotopic (exact) mass is 294 g/mol. The van der Waals surface area contributed by atoms with Crippen LogP contribution in [0.15, 0.2) is 0 Å². The van der Waals surface area contributed by atoms with Crippen LogP contribution in [0.2, 0.25) is 0 Å². The molecule has 3 nitrogen and oxygen atoms in total. The van der Waals surface area contributed by atoms with E-state index in [1.807, 2.05) is 0 Å². The molecule has 2 saturated heterocycles. The summed E-state index contributed by atoms with van der Waals surface area (Å²) < 4.78 is 5.70. The van der Waals surface area contributed by atoms with Crippen molar-refractivity contribution in [2.75, 3.05) is 26.3 Å². The van der Waals surface area contributed by atoms with E-state index in [1.54, 1.807) is 0 Å². The molecule has 0 spiro atoms. The maximum absolute atomic E-state index is 5.70. The van der Waals surface area contributed by atoms with Crippen molar-refractivity contribution in [3.63, 3.8) is 0 Å². The average Bonchev–Trinajstić information content (AvgIpc) is 3.01. The summed E-state index contributed by atoms with van der Waals surface area (Å²) in [6.07, 6.45) is 9.81. The molecular weight excluding hydrogens is 260 g/mol. The molecule has 21 heavy (non-hydrogen) atoms. The van der Waals surface area contributed by atoms with Crippen LogP contribution in [0.5, 0.6) is 0 Å². The van der Waals surface area contributed by atoms with Gasteiger partial charge in [0.25, 0.3) is 0 Å². The highest BCUT2D eigenvalue weighted by molar-refractivity contribution is 4.95. The van der Waals surface area contributed by atoms with Gasteiger partial charge in [0.2, 0.25) is 0 Å². The average molecular weight is 294 g/mol. The fourth-order valence-electron chi connectivity index (χ4n) is 4.75. The third kappa shape index (κ3) is 4.00. The van der Waals surface area contributed by atoms with Gasteiger partial charge in [-0.25, -0.2) is 0 Å². The molecule has 3 aliphatic rings. The molecule has 3 fully saturated rings. The third-order valence-electron chi connectivity index (χ3n) is 5.80. The van der Waals surface area contributed by atoms with Crippen LogP contribution in [-0.4, -0.2) is 49.3 Å². The number of piperazine rings is 1. The van der Waals surface area contributed by atoms with E-state index in [0.29, 0.717) is 12.1 Å². The van der Waals surface area contributed by atoms with Crippen LogP contribution < -0.4 is 5.32 Å². The molecule has 1 saturated carbocycles. The summed E-state index contributed by atoms with van der Waals surface area (Å²) in [6, 6.07) is 2.14. The first-order chi connectivity index (χ1) is 10.2. The lowest BCUT2D eigenvalue weighted by molar-refractivity contribution is 0.0267. The van der Waals surface area contributed by atoms with Crippen LogP contribution in [0, 0.1) is 11.8 Å². The summed E-state index contributed by atoms with van der Waals surface area (Å²) in [5.74, 6) is 1.71. The van der Waals surface area contributed by atoms with Gasteiger partial charge in [0.15, 0.2) is 0 Å². The number of rotatable bonds is 4. The van der Waals surface area contributed by atoms with Gasteiger partial charge in [-0.1, -0.05) is 33.1 Å². The first kappa shape index (κ1) is 15.8. The van der Waals surface area contributed by atoms with Gasteiger partial charge in [0, 0.05) is 37.8 Å². The lowest BCUT2D eigenvalue weighted by atomic mass is 9.81. The molecule has 0 radical (unpaired) electrons. The summed E-state index contributed by atoms with van der Waals surface area (Å²) in [4.78, 5) is 2.85. The minimum atomic E-state index is 0.686. The maximum atomic E-state index is 5.70. The zero-order valence-corrected chi connectivity index (χ0v) is 14.0. The van der Waals surface area contributed by atoms with Crippen LogP contribution in [-0.2, 0) is 4.74 Å². The molecule has 3 rings (SSSR count). The SMILES string of the molecule is CC(C)CC1CN(C2CCOC2)C(C2CCCCC2)CN1. The van der Waals surface area contributed by atoms with Crippen molar-refractivity contribution in [1.29, 1.82) is 0 Å². The van der Waals surface area contributed by atoms with Gasteiger partial charge in [-0.2, -0.15) is 0 Å². The van der Waals surface area contributed by atoms with Crippen molar-refractivity contribution in [2.45, 2.75) is 76.9 Å². The summed E-state index contributed by atoms with van der Waals surface area (Å²) in [6.45, 7) is 9.08. The zero-order valence-electron chi connectivity index (χ0n) is 14.0. The number of hydrogen-bond acceptors (Lipinski definition) is 3. The zero-order chi connectivity index (χ0) is 14.7. The van der Waals surface area contributed by atoms with Crippen LogP contribution in [0.1, 0.15) is 58.8 Å². The van der Waals surface area contributed by atoms with Crippen LogP contribution in [0.4, 0.5) is 0 Å². The van der Waals surface area contributed by atoms with Crippen molar-refractivity contribution in [3.05, 3.63) is 0 Å². The van der Waals surface area contributed by atoms with E-state index in [2.05, 4.69) is 24.1 Å². The maximum Gasteiger partial charge on any atom is 0.0622 e. The van der Waals surface area contributed by atoms with Gasteiger partial charge in [-0.05, 0) is 37.5 Å².